The number of aryl methyl sites for hydroxylation is 1. The second kappa shape index (κ2) is 7.17. The third kappa shape index (κ3) is 4.01. The zero-order valence-electron chi connectivity index (χ0n) is 13.1. The molecule has 0 saturated carbocycles. The van der Waals surface area contributed by atoms with Gasteiger partial charge in [-0.15, -0.1) is 0 Å². The van der Waals surface area contributed by atoms with Gasteiger partial charge in [0.25, 0.3) is 0 Å². The van der Waals surface area contributed by atoms with Crippen LogP contribution in [0.15, 0.2) is 18.6 Å². The van der Waals surface area contributed by atoms with Crippen molar-refractivity contribution in [3.63, 3.8) is 0 Å². The lowest BCUT2D eigenvalue weighted by Crippen LogP contribution is -2.11. The first-order chi connectivity index (χ1) is 10.1. The SMILES string of the molecule is CCCn1cc(Oc2cnc(C(C)C)nc2CNC)cn1. The molecular weight excluding hydrogens is 266 g/mol. The molecule has 0 unspecified atom stereocenters. The topological polar surface area (TPSA) is 64.9 Å². The Hall–Kier alpha value is -1.95. The van der Waals surface area contributed by atoms with Gasteiger partial charge >= 0.3 is 0 Å². The highest BCUT2D eigenvalue weighted by Crippen LogP contribution is 2.24. The molecule has 0 aliphatic carbocycles. The Balaban J connectivity index is 2.21. The second-order valence-corrected chi connectivity index (χ2v) is 5.27. The standard InChI is InChI=1S/C15H23N5O/c1-5-6-20-10-12(7-18-20)21-14-9-17-15(11(2)3)19-13(14)8-16-4/h7,9-11,16H,5-6,8H2,1-4H3. The molecule has 6 heteroatoms. The van der Waals surface area contributed by atoms with Crippen LogP contribution in [-0.2, 0) is 13.1 Å². The van der Waals surface area contributed by atoms with Gasteiger partial charge in [0, 0.05) is 19.0 Å². The minimum atomic E-state index is 0.293. The van der Waals surface area contributed by atoms with Gasteiger partial charge in [0.05, 0.1) is 18.6 Å². The Morgan fingerprint density at radius 3 is 2.81 bits per heavy atom. The molecule has 0 saturated heterocycles. The Morgan fingerprint density at radius 1 is 1.33 bits per heavy atom. The molecule has 0 aliphatic heterocycles. The van der Waals surface area contributed by atoms with Crippen LogP contribution in [0.25, 0.3) is 0 Å². The smallest absolute Gasteiger partial charge is 0.168 e. The van der Waals surface area contributed by atoms with Crippen molar-refractivity contribution in [3.05, 3.63) is 30.1 Å². The lowest BCUT2D eigenvalue weighted by atomic mass is 10.2. The van der Waals surface area contributed by atoms with E-state index in [0.29, 0.717) is 24.0 Å². The summed E-state index contributed by atoms with van der Waals surface area (Å²) in [5.41, 5.74) is 0.861. The number of nitrogens with zero attached hydrogens (tertiary/aromatic N) is 4. The molecule has 6 nitrogen and oxygen atoms in total. The van der Waals surface area contributed by atoms with Gasteiger partial charge in [0.1, 0.15) is 11.5 Å². The zero-order chi connectivity index (χ0) is 15.2. The van der Waals surface area contributed by atoms with Crippen LogP contribution in [0, 0.1) is 0 Å². The summed E-state index contributed by atoms with van der Waals surface area (Å²) in [6, 6.07) is 0. The highest BCUT2D eigenvalue weighted by atomic mass is 16.5. The molecule has 21 heavy (non-hydrogen) atoms. The number of aromatic nitrogens is 4. The number of rotatable bonds is 7. The lowest BCUT2D eigenvalue weighted by Gasteiger charge is -2.11. The lowest BCUT2D eigenvalue weighted by molar-refractivity contribution is 0.463. The van der Waals surface area contributed by atoms with E-state index in [1.165, 1.54) is 0 Å². The Kier molecular flexibility index (Phi) is 5.27. The van der Waals surface area contributed by atoms with Gasteiger partial charge in [-0.1, -0.05) is 20.8 Å². The van der Waals surface area contributed by atoms with Crippen molar-refractivity contribution in [1.82, 2.24) is 25.1 Å². The fraction of sp³-hybridized carbons (Fsp3) is 0.533. The molecule has 2 aromatic rings. The van der Waals surface area contributed by atoms with E-state index in [1.54, 1.807) is 12.4 Å². The summed E-state index contributed by atoms with van der Waals surface area (Å²) in [4.78, 5) is 8.94. The van der Waals surface area contributed by atoms with Gasteiger partial charge in [-0.3, -0.25) is 4.68 Å². The van der Waals surface area contributed by atoms with Crippen LogP contribution in [0.1, 0.15) is 44.6 Å². The summed E-state index contributed by atoms with van der Waals surface area (Å²) < 4.78 is 7.75. The van der Waals surface area contributed by atoms with E-state index >= 15 is 0 Å². The number of hydrogen-bond donors (Lipinski definition) is 1. The summed E-state index contributed by atoms with van der Waals surface area (Å²) in [6.45, 7) is 7.80. The molecule has 0 spiro atoms. The highest BCUT2D eigenvalue weighted by Gasteiger charge is 2.12. The molecule has 0 aliphatic rings. The molecule has 0 fully saturated rings. The first-order valence-electron chi connectivity index (χ1n) is 7.34. The van der Waals surface area contributed by atoms with Crippen molar-refractivity contribution in [3.8, 4) is 11.5 Å². The van der Waals surface area contributed by atoms with E-state index in [9.17, 15) is 0 Å². The van der Waals surface area contributed by atoms with E-state index in [1.807, 2.05) is 17.9 Å². The van der Waals surface area contributed by atoms with Crippen LogP contribution >= 0.6 is 0 Å². The molecule has 0 radical (unpaired) electrons. The maximum absolute atomic E-state index is 5.88. The minimum Gasteiger partial charge on any atom is -0.450 e. The Labute approximate surface area is 125 Å². The number of nitrogens with one attached hydrogen (secondary N) is 1. The van der Waals surface area contributed by atoms with E-state index in [-0.39, 0.29) is 0 Å². The van der Waals surface area contributed by atoms with Crippen molar-refractivity contribution < 1.29 is 4.74 Å². The first kappa shape index (κ1) is 15.4. The average molecular weight is 289 g/mol. The third-order valence-corrected chi connectivity index (χ3v) is 3.00. The molecule has 2 heterocycles. The fourth-order valence-corrected chi connectivity index (χ4v) is 1.95. The predicted octanol–water partition coefficient (Wildman–Crippen LogP) is 2.72. The summed E-state index contributed by atoms with van der Waals surface area (Å²) in [7, 11) is 1.89. The van der Waals surface area contributed by atoms with E-state index in [4.69, 9.17) is 4.74 Å². The van der Waals surface area contributed by atoms with E-state index in [2.05, 4.69) is 41.2 Å². The van der Waals surface area contributed by atoms with Gasteiger partial charge in [0.15, 0.2) is 11.5 Å². The molecule has 114 valence electrons. The van der Waals surface area contributed by atoms with E-state index in [0.717, 1.165) is 24.5 Å². The second-order valence-electron chi connectivity index (χ2n) is 5.27. The molecule has 0 atom stereocenters. The first-order valence-corrected chi connectivity index (χ1v) is 7.34. The third-order valence-electron chi connectivity index (χ3n) is 3.00. The normalized spacial score (nSPS) is 11.1. The summed E-state index contributed by atoms with van der Waals surface area (Å²) in [6.07, 6.45) is 6.39. The molecular formula is C15H23N5O. The van der Waals surface area contributed by atoms with Crippen LogP contribution in [0.5, 0.6) is 11.5 Å². The van der Waals surface area contributed by atoms with Crippen molar-refractivity contribution in [2.75, 3.05) is 7.05 Å². The summed E-state index contributed by atoms with van der Waals surface area (Å²) in [5.74, 6) is 2.50. The molecule has 1 N–H and O–H groups in total. The van der Waals surface area contributed by atoms with Gasteiger partial charge < -0.3 is 10.1 Å². The highest BCUT2D eigenvalue weighted by molar-refractivity contribution is 5.30. The monoisotopic (exact) mass is 289 g/mol. The Bertz CT molecular complexity index is 579. The van der Waals surface area contributed by atoms with Crippen molar-refractivity contribution in [1.29, 1.82) is 0 Å². The summed E-state index contributed by atoms with van der Waals surface area (Å²) in [5, 5.41) is 7.37. The van der Waals surface area contributed by atoms with Crippen molar-refractivity contribution in [2.45, 2.75) is 46.2 Å². The maximum atomic E-state index is 5.88. The van der Waals surface area contributed by atoms with Gasteiger partial charge in [0.2, 0.25) is 0 Å². The quantitative estimate of drug-likeness (QED) is 0.849. The van der Waals surface area contributed by atoms with Crippen molar-refractivity contribution in [2.24, 2.45) is 0 Å². The molecule has 0 aromatic carbocycles. The minimum absolute atomic E-state index is 0.293. The maximum Gasteiger partial charge on any atom is 0.168 e. The molecule has 2 aromatic heterocycles. The van der Waals surface area contributed by atoms with Crippen LogP contribution in [-0.4, -0.2) is 26.8 Å². The van der Waals surface area contributed by atoms with Gasteiger partial charge in [-0.05, 0) is 13.5 Å². The molecule has 2 rings (SSSR count). The largest absolute Gasteiger partial charge is 0.450 e. The predicted molar refractivity (Wildman–Crippen MR) is 81.5 cm³/mol. The van der Waals surface area contributed by atoms with Crippen LogP contribution < -0.4 is 10.1 Å². The summed E-state index contributed by atoms with van der Waals surface area (Å²) >= 11 is 0. The van der Waals surface area contributed by atoms with E-state index < -0.39 is 0 Å². The van der Waals surface area contributed by atoms with Crippen LogP contribution in [0.3, 0.4) is 0 Å². The molecule has 0 amide bonds. The average Bonchev–Trinajstić information content (AvgIpc) is 2.88. The van der Waals surface area contributed by atoms with Crippen LogP contribution in [0.2, 0.25) is 0 Å². The fourth-order valence-electron chi connectivity index (χ4n) is 1.95. The number of hydrogen-bond acceptors (Lipinski definition) is 5. The zero-order valence-corrected chi connectivity index (χ0v) is 13.1. The molecule has 0 bridgehead atoms. The number of ether oxygens (including phenoxy) is 1. The van der Waals surface area contributed by atoms with Gasteiger partial charge in [-0.25, -0.2) is 9.97 Å². The van der Waals surface area contributed by atoms with Crippen molar-refractivity contribution >= 4 is 0 Å². The van der Waals surface area contributed by atoms with Gasteiger partial charge in [-0.2, -0.15) is 5.10 Å². The Morgan fingerprint density at radius 2 is 2.14 bits per heavy atom. The van der Waals surface area contributed by atoms with Crippen LogP contribution in [0.4, 0.5) is 0 Å².